The Morgan fingerprint density at radius 3 is 1.74 bits per heavy atom. The van der Waals surface area contributed by atoms with Gasteiger partial charge >= 0.3 is 0 Å². The predicted molar refractivity (Wildman–Crippen MR) is 162 cm³/mol. The van der Waals surface area contributed by atoms with Crippen LogP contribution in [0.1, 0.15) is 33.4 Å². The number of hydrogen-bond acceptors (Lipinski definition) is 1. The zero-order valence-corrected chi connectivity index (χ0v) is 21.6. The van der Waals surface area contributed by atoms with Gasteiger partial charge < -0.3 is 5.32 Å². The van der Waals surface area contributed by atoms with E-state index in [0.29, 0.717) is 0 Å². The second-order valence-corrected chi connectivity index (χ2v) is 10.6. The lowest BCUT2D eigenvalue weighted by molar-refractivity contribution is 0.771. The van der Waals surface area contributed by atoms with Gasteiger partial charge in [-0.15, -0.1) is 0 Å². The first kappa shape index (κ1) is 22.1. The summed E-state index contributed by atoms with van der Waals surface area (Å²) in [6.07, 6.45) is 0.984. The molecule has 39 heavy (non-hydrogen) atoms. The molecule has 6 aromatic carbocycles. The first-order valence-corrected chi connectivity index (χ1v) is 13.7. The molecule has 0 fully saturated rings. The van der Waals surface area contributed by atoms with Crippen LogP contribution in [-0.2, 0) is 11.8 Å². The van der Waals surface area contributed by atoms with E-state index in [-0.39, 0.29) is 0 Å². The number of rotatable bonds is 4. The number of para-hydroxylation sites is 1. The van der Waals surface area contributed by atoms with E-state index in [9.17, 15) is 0 Å². The quantitative estimate of drug-likeness (QED) is 0.255. The number of anilines is 2. The van der Waals surface area contributed by atoms with Crippen molar-refractivity contribution in [2.75, 3.05) is 5.32 Å². The van der Waals surface area contributed by atoms with E-state index in [2.05, 4.69) is 151 Å². The van der Waals surface area contributed by atoms with Gasteiger partial charge in [-0.25, -0.2) is 0 Å². The first-order chi connectivity index (χ1) is 19.3. The molecule has 0 saturated heterocycles. The van der Waals surface area contributed by atoms with Crippen LogP contribution < -0.4 is 5.32 Å². The molecule has 1 N–H and O–H groups in total. The highest BCUT2D eigenvalue weighted by Gasteiger charge is 2.46. The Morgan fingerprint density at radius 2 is 1.00 bits per heavy atom. The van der Waals surface area contributed by atoms with Crippen LogP contribution in [-0.4, -0.2) is 0 Å². The Labute approximate surface area is 229 Å². The topological polar surface area (TPSA) is 12.0 Å². The van der Waals surface area contributed by atoms with Crippen LogP contribution in [0.2, 0.25) is 0 Å². The Hall–Kier alpha value is -4.88. The summed E-state index contributed by atoms with van der Waals surface area (Å²) in [6, 6.07) is 53.3. The predicted octanol–water partition coefficient (Wildman–Crippen LogP) is 9.36. The third-order valence-electron chi connectivity index (χ3n) is 8.56. The standard InChI is InChI=1S/C38H27N/c1-2-13-28(14-3-1)38(34-18-8-6-16-32(34)33-17-7-9-19-35(33)38)36-20-10-11-21-37(36)39-29-22-23-31-27(25-29)24-26-12-4-5-15-30(26)31/h1-23,25,39H,24H2. The van der Waals surface area contributed by atoms with Crippen molar-refractivity contribution in [2.24, 2.45) is 0 Å². The van der Waals surface area contributed by atoms with E-state index in [1.807, 2.05) is 0 Å². The van der Waals surface area contributed by atoms with Gasteiger partial charge in [0.25, 0.3) is 0 Å². The number of nitrogens with one attached hydrogen (secondary N) is 1. The summed E-state index contributed by atoms with van der Waals surface area (Å²) in [5.41, 5.74) is 15.1. The molecule has 2 aliphatic rings. The fourth-order valence-corrected chi connectivity index (χ4v) is 6.98. The second kappa shape index (κ2) is 8.58. The van der Waals surface area contributed by atoms with Crippen LogP contribution in [0.5, 0.6) is 0 Å². The van der Waals surface area contributed by atoms with Gasteiger partial charge in [0.15, 0.2) is 0 Å². The highest BCUT2D eigenvalue weighted by atomic mass is 14.9. The molecule has 0 aliphatic heterocycles. The van der Waals surface area contributed by atoms with Gasteiger partial charge in [-0.3, -0.25) is 0 Å². The monoisotopic (exact) mass is 497 g/mol. The van der Waals surface area contributed by atoms with Crippen LogP contribution in [0.4, 0.5) is 11.4 Å². The van der Waals surface area contributed by atoms with Gasteiger partial charge in [-0.2, -0.15) is 0 Å². The van der Waals surface area contributed by atoms with Gasteiger partial charge in [0, 0.05) is 11.4 Å². The van der Waals surface area contributed by atoms with Crippen molar-refractivity contribution in [3.63, 3.8) is 0 Å². The first-order valence-electron chi connectivity index (χ1n) is 13.7. The van der Waals surface area contributed by atoms with Crippen LogP contribution in [0.15, 0.2) is 146 Å². The second-order valence-electron chi connectivity index (χ2n) is 10.6. The number of fused-ring (bicyclic) bond motifs is 6. The summed E-state index contributed by atoms with van der Waals surface area (Å²) in [5, 5.41) is 3.86. The summed E-state index contributed by atoms with van der Waals surface area (Å²) in [6.45, 7) is 0. The van der Waals surface area contributed by atoms with Gasteiger partial charge in [0.05, 0.1) is 5.41 Å². The lowest BCUT2D eigenvalue weighted by Crippen LogP contribution is -2.29. The molecule has 6 aromatic rings. The molecule has 1 heteroatoms. The summed E-state index contributed by atoms with van der Waals surface area (Å²) in [5.74, 6) is 0. The van der Waals surface area contributed by atoms with Crippen molar-refractivity contribution in [3.8, 4) is 22.3 Å². The van der Waals surface area contributed by atoms with Crippen molar-refractivity contribution in [3.05, 3.63) is 179 Å². The molecule has 0 heterocycles. The summed E-state index contributed by atoms with van der Waals surface area (Å²) < 4.78 is 0. The molecule has 0 saturated carbocycles. The Kier molecular flexibility index (Phi) is 4.87. The molecule has 184 valence electrons. The van der Waals surface area contributed by atoms with Gasteiger partial charge in [-0.05, 0) is 80.3 Å². The van der Waals surface area contributed by atoms with Crippen molar-refractivity contribution in [1.29, 1.82) is 0 Å². The molecule has 0 radical (unpaired) electrons. The minimum absolute atomic E-state index is 0.426. The van der Waals surface area contributed by atoms with Crippen LogP contribution in [0.3, 0.4) is 0 Å². The van der Waals surface area contributed by atoms with E-state index in [0.717, 1.165) is 17.8 Å². The molecule has 0 bridgehead atoms. The zero-order valence-electron chi connectivity index (χ0n) is 21.6. The number of hydrogen-bond donors (Lipinski definition) is 1. The van der Waals surface area contributed by atoms with Gasteiger partial charge in [-0.1, -0.05) is 127 Å². The Balaban J connectivity index is 1.33. The maximum Gasteiger partial charge on any atom is 0.0733 e. The molecule has 8 rings (SSSR count). The lowest BCUT2D eigenvalue weighted by Gasteiger charge is -2.35. The molecule has 0 unspecified atom stereocenters. The summed E-state index contributed by atoms with van der Waals surface area (Å²) in [4.78, 5) is 0. The van der Waals surface area contributed by atoms with Gasteiger partial charge in [0.2, 0.25) is 0 Å². The van der Waals surface area contributed by atoms with Crippen molar-refractivity contribution < 1.29 is 0 Å². The van der Waals surface area contributed by atoms with E-state index >= 15 is 0 Å². The number of benzene rings is 6. The van der Waals surface area contributed by atoms with Crippen molar-refractivity contribution >= 4 is 11.4 Å². The molecule has 0 atom stereocenters. The average Bonchev–Trinajstić information content (AvgIpc) is 3.52. The van der Waals surface area contributed by atoms with Crippen LogP contribution >= 0.6 is 0 Å². The normalized spacial score (nSPS) is 13.7. The molecular weight excluding hydrogens is 470 g/mol. The Bertz CT molecular complexity index is 1820. The van der Waals surface area contributed by atoms with E-state index in [1.54, 1.807) is 0 Å². The lowest BCUT2D eigenvalue weighted by atomic mass is 9.67. The molecule has 0 amide bonds. The largest absolute Gasteiger partial charge is 0.355 e. The van der Waals surface area contributed by atoms with Crippen LogP contribution in [0, 0.1) is 0 Å². The SMILES string of the molecule is c1ccc(C2(c3ccccc3Nc3ccc4c(c3)Cc3ccccc3-4)c3ccccc3-c3ccccc32)cc1. The van der Waals surface area contributed by atoms with E-state index in [4.69, 9.17) is 0 Å². The molecule has 0 aromatic heterocycles. The van der Waals surface area contributed by atoms with E-state index in [1.165, 1.54) is 55.6 Å². The average molecular weight is 498 g/mol. The summed E-state index contributed by atoms with van der Waals surface area (Å²) in [7, 11) is 0. The maximum atomic E-state index is 3.86. The van der Waals surface area contributed by atoms with Crippen molar-refractivity contribution in [1.82, 2.24) is 0 Å². The third-order valence-corrected chi connectivity index (χ3v) is 8.56. The fourth-order valence-electron chi connectivity index (χ4n) is 6.98. The smallest absolute Gasteiger partial charge is 0.0733 e. The van der Waals surface area contributed by atoms with Gasteiger partial charge in [0.1, 0.15) is 0 Å². The highest BCUT2D eigenvalue weighted by molar-refractivity contribution is 5.88. The molecule has 0 spiro atoms. The maximum absolute atomic E-state index is 3.86. The summed E-state index contributed by atoms with van der Waals surface area (Å²) >= 11 is 0. The van der Waals surface area contributed by atoms with E-state index < -0.39 is 5.41 Å². The minimum Gasteiger partial charge on any atom is -0.355 e. The van der Waals surface area contributed by atoms with Crippen molar-refractivity contribution in [2.45, 2.75) is 11.8 Å². The molecule has 1 nitrogen and oxygen atoms in total. The highest BCUT2D eigenvalue weighted by Crippen LogP contribution is 2.57. The third kappa shape index (κ3) is 3.20. The molecule has 2 aliphatic carbocycles. The zero-order chi connectivity index (χ0) is 25.8. The molecular formula is C38H27N. The Morgan fingerprint density at radius 1 is 0.436 bits per heavy atom. The van der Waals surface area contributed by atoms with Crippen LogP contribution in [0.25, 0.3) is 22.3 Å². The minimum atomic E-state index is -0.426. The fraction of sp³-hybridized carbons (Fsp3) is 0.0526.